The summed E-state index contributed by atoms with van der Waals surface area (Å²) in [6, 6.07) is 0. The van der Waals surface area contributed by atoms with Gasteiger partial charge < -0.3 is 0 Å². The van der Waals surface area contributed by atoms with Crippen LogP contribution < -0.4 is 0 Å². The SMILES string of the molecule is C=C1/C(CC=C(C)C)=C(/C)C(C)(CC=C(C)C)CC(CC=C(C)C)C(C)(C)C1(C)C(C)C1=CCCC=C1. The zero-order chi connectivity index (χ0) is 28.2. The van der Waals surface area contributed by atoms with Crippen molar-refractivity contribution in [3.63, 3.8) is 0 Å². The molecule has 0 spiro atoms. The van der Waals surface area contributed by atoms with E-state index in [9.17, 15) is 0 Å². The highest BCUT2D eigenvalue weighted by atomic mass is 14.6. The molecule has 0 N–H and O–H groups in total. The molecule has 37 heavy (non-hydrogen) atoms. The molecule has 4 unspecified atom stereocenters. The van der Waals surface area contributed by atoms with E-state index in [-0.39, 0.29) is 16.2 Å². The van der Waals surface area contributed by atoms with Gasteiger partial charge in [0.25, 0.3) is 0 Å². The lowest BCUT2D eigenvalue weighted by atomic mass is 9.46. The Morgan fingerprint density at radius 3 is 2.05 bits per heavy atom. The lowest BCUT2D eigenvalue weighted by Gasteiger charge is -2.58. The van der Waals surface area contributed by atoms with Gasteiger partial charge in [-0.15, -0.1) is 0 Å². The maximum absolute atomic E-state index is 5.01. The Morgan fingerprint density at radius 1 is 0.946 bits per heavy atom. The van der Waals surface area contributed by atoms with Crippen molar-refractivity contribution in [3.05, 3.63) is 82.0 Å². The maximum Gasteiger partial charge on any atom is 0.00414 e. The summed E-state index contributed by atoms with van der Waals surface area (Å²) in [4.78, 5) is 0. The second kappa shape index (κ2) is 12.4. The van der Waals surface area contributed by atoms with Crippen LogP contribution in [0.5, 0.6) is 0 Å². The van der Waals surface area contributed by atoms with E-state index in [0.29, 0.717) is 11.8 Å². The largest absolute Gasteiger partial charge is 0.0949 e. The first-order valence-corrected chi connectivity index (χ1v) is 14.7. The van der Waals surface area contributed by atoms with Crippen molar-refractivity contribution in [2.45, 2.75) is 122 Å². The van der Waals surface area contributed by atoms with Gasteiger partial charge in [0.1, 0.15) is 0 Å². The van der Waals surface area contributed by atoms with Crippen LogP contribution in [-0.4, -0.2) is 0 Å². The third-order valence-electron chi connectivity index (χ3n) is 10.3. The molecule has 0 nitrogen and oxygen atoms in total. The second-order valence-corrected chi connectivity index (χ2v) is 13.9. The van der Waals surface area contributed by atoms with Gasteiger partial charge in [0.05, 0.1) is 0 Å². The molecule has 0 aromatic heterocycles. The van der Waals surface area contributed by atoms with E-state index in [1.165, 1.54) is 39.9 Å². The minimum Gasteiger partial charge on any atom is -0.0949 e. The summed E-state index contributed by atoms with van der Waals surface area (Å²) < 4.78 is 0. The molecule has 0 fully saturated rings. The number of hydrogen-bond donors (Lipinski definition) is 0. The van der Waals surface area contributed by atoms with Gasteiger partial charge >= 0.3 is 0 Å². The van der Waals surface area contributed by atoms with Crippen molar-refractivity contribution in [1.29, 1.82) is 0 Å². The summed E-state index contributed by atoms with van der Waals surface area (Å²) in [6.45, 7) is 33.5. The molecule has 0 aliphatic heterocycles. The topological polar surface area (TPSA) is 0 Å². The van der Waals surface area contributed by atoms with Gasteiger partial charge in [-0.05, 0) is 126 Å². The molecule has 0 saturated heterocycles. The van der Waals surface area contributed by atoms with Crippen molar-refractivity contribution in [2.75, 3.05) is 0 Å². The van der Waals surface area contributed by atoms with Crippen LogP contribution in [0, 0.1) is 28.1 Å². The van der Waals surface area contributed by atoms with Crippen molar-refractivity contribution in [1.82, 2.24) is 0 Å². The summed E-state index contributed by atoms with van der Waals surface area (Å²) in [7, 11) is 0. The standard InChI is InChI=1S/C37H58/c1-26(2)19-21-33-25-36(12,24-23-28(5)6)30(8)34(22-20-27(3)4)31(9)37(13,35(33,10)11)29(7)32-17-15-14-16-18-32/h15,17-20,23,29,33H,9,14,16,21-22,24-25H2,1-8,10-13H3/b34-30-. The Morgan fingerprint density at radius 2 is 1.54 bits per heavy atom. The highest BCUT2D eigenvalue weighted by Crippen LogP contribution is 2.63. The van der Waals surface area contributed by atoms with E-state index >= 15 is 0 Å². The Labute approximate surface area is 231 Å². The molecule has 4 atom stereocenters. The normalized spacial score (nSPS) is 30.5. The first-order valence-electron chi connectivity index (χ1n) is 14.7. The van der Waals surface area contributed by atoms with Crippen molar-refractivity contribution < 1.29 is 0 Å². The van der Waals surface area contributed by atoms with Gasteiger partial charge in [-0.3, -0.25) is 0 Å². The predicted octanol–water partition coefficient (Wildman–Crippen LogP) is 11.9. The van der Waals surface area contributed by atoms with E-state index < -0.39 is 0 Å². The van der Waals surface area contributed by atoms with Crippen molar-refractivity contribution in [3.8, 4) is 0 Å². The van der Waals surface area contributed by atoms with Gasteiger partial charge in [-0.2, -0.15) is 0 Å². The monoisotopic (exact) mass is 502 g/mol. The summed E-state index contributed by atoms with van der Waals surface area (Å²) in [5, 5.41) is 0. The maximum atomic E-state index is 5.01. The fraction of sp³-hybridized carbons (Fsp3) is 0.622. The lowest BCUT2D eigenvalue weighted by Crippen LogP contribution is -2.50. The van der Waals surface area contributed by atoms with Gasteiger partial charge in [0.2, 0.25) is 0 Å². The Bertz CT molecular complexity index is 1020. The van der Waals surface area contributed by atoms with E-state index in [2.05, 4.69) is 120 Å². The fourth-order valence-corrected chi connectivity index (χ4v) is 6.78. The molecule has 0 radical (unpaired) electrons. The van der Waals surface area contributed by atoms with E-state index in [1.807, 2.05) is 0 Å². The average Bonchev–Trinajstić information content (AvgIpc) is 2.83. The molecule has 0 heterocycles. The molecule has 0 heteroatoms. The van der Waals surface area contributed by atoms with Gasteiger partial charge in [-0.25, -0.2) is 0 Å². The van der Waals surface area contributed by atoms with Crippen LogP contribution in [0.3, 0.4) is 0 Å². The first kappa shape index (κ1) is 31.4. The Hall–Kier alpha value is -1.82. The van der Waals surface area contributed by atoms with E-state index in [1.54, 1.807) is 5.57 Å². The number of allylic oxidation sites excluding steroid dienone is 13. The molecule has 2 aliphatic carbocycles. The number of rotatable bonds is 8. The highest BCUT2D eigenvalue weighted by molar-refractivity contribution is 5.46. The number of hydrogen-bond acceptors (Lipinski definition) is 0. The quantitative estimate of drug-likeness (QED) is 0.289. The smallest absolute Gasteiger partial charge is 0.00414 e. The van der Waals surface area contributed by atoms with Crippen LogP contribution >= 0.6 is 0 Å². The zero-order valence-electron chi connectivity index (χ0n) is 26.6. The molecular weight excluding hydrogens is 444 g/mol. The van der Waals surface area contributed by atoms with Crippen LogP contribution in [0.4, 0.5) is 0 Å². The summed E-state index contributed by atoms with van der Waals surface area (Å²) in [5.74, 6) is 0.952. The molecule has 0 amide bonds. The molecule has 0 bridgehead atoms. The fourth-order valence-electron chi connectivity index (χ4n) is 6.78. The minimum atomic E-state index is -0.0649. The third kappa shape index (κ3) is 6.79. The summed E-state index contributed by atoms with van der Waals surface area (Å²) in [5.41, 5.74) is 10.2. The lowest BCUT2D eigenvalue weighted by molar-refractivity contribution is 0.00195. The van der Waals surface area contributed by atoms with E-state index in [4.69, 9.17) is 6.58 Å². The first-order chi connectivity index (χ1) is 17.1. The van der Waals surface area contributed by atoms with Crippen LogP contribution in [0.25, 0.3) is 0 Å². The van der Waals surface area contributed by atoms with Gasteiger partial charge in [0, 0.05) is 5.41 Å². The Balaban J connectivity index is 2.90. The highest BCUT2D eigenvalue weighted by Gasteiger charge is 2.54. The van der Waals surface area contributed by atoms with Crippen LogP contribution in [0.15, 0.2) is 82.0 Å². The predicted molar refractivity (Wildman–Crippen MR) is 168 cm³/mol. The molecule has 0 aromatic carbocycles. The minimum absolute atomic E-state index is 0.0603. The van der Waals surface area contributed by atoms with Crippen molar-refractivity contribution >= 4 is 0 Å². The molecule has 206 valence electrons. The molecule has 0 aromatic rings. The second-order valence-electron chi connectivity index (χ2n) is 13.9. The molecule has 0 saturated carbocycles. The van der Waals surface area contributed by atoms with Gasteiger partial charge in [0.15, 0.2) is 0 Å². The Kier molecular flexibility index (Phi) is 10.5. The van der Waals surface area contributed by atoms with Crippen LogP contribution in [0.1, 0.15) is 122 Å². The average molecular weight is 503 g/mol. The molecule has 2 rings (SSSR count). The molecule has 2 aliphatic rings. The third-order valence-corrected chi connectivity index (χ3v) is 10.3. The van der Waals surface area contributed by atoms with Gasteiger partial charge in [-0.1, -0.05) is 99.9 Å². The molecular formula is C37H58. The summed E-state index contributed by atoms with van der Waals surface area (Å²) in [6.07, 6.45) is 21.4. The van der Waals surface area contributed by atoms with Crippen molar-refractivity contribution in [2.24, 2.45) is 28.1 Å². The van der Waals surface area contributed by atoms with Crippen LogP contribution in [-0.2, 0) is 0 Å². The zero-order valence-corrected chi connectivity index (χ0v) is 26.6. The van der Waals surface area contributed by atoms with Crippen LogP contribution in [0.2, 0.25) is 0 Å². The summed E-state index contributed by atoms with van der Waals surface area (Å²) >= 11 is 0. The van der Waals surface area contributed by atoms with E-state index in [0.717, 1.165) is 32.1 Å².